The second kappa shape index (κ2) is 4.31. The van der Waals surface area contributed by atoms with E-state index in [2.05, 4.69) is 48.3 Å². The van der Waals surface area contributed by atoms with Gasteiger partial charge in [0.15, 0.2) is 5.82 Å². The van der Waals surface area contributed by atoms with Crippen LogP contribution in [0.1, 0.15) is 25.3 Å². The first-order valence-corrected chi connectivity index (χ1v) is 5.36. The van der Waals surface area contributed by atoms with E-state index in [1.807, 2.05) is 6.07 Å². The van der Waals surface area contributed by atoms with E-state index in [0.717, 1.165) is 11.1 Å². The van der Waals surface area contributed by atoms with Crippen molar-refractivity contribution < 1.29 is 0 Å². The number of nitrogens with two attached hydrogens (primary N) is 1. The molecule has 0 atom stereocenters. The Labute approximate surface area is 95.3 Å². The highest BCUT2D eigenvalue weighted by molar-refractivity contribution is 5.73. The summed E-state index contributed by atoms with van der Waals surface area (Å²) in [5.41, 5.74) is 9.12. The fourth-order valence-electron chi connectivity index (χ4n) is 1.63. The summed E-state index contributed by atoms with van der Waals surface area (Å²) >= 11 is 0. The lowest BCUT2D eigenvalue weighted by atomic mass is 9.99. The molecule has 2 rings (SSSR count). The van der Waals surface area contributed by atoms with E-state index in [4.69, 9.17) is 5.73 Å². The third-order valence-corrected chi connectivity index (χ3v) is 2.64. The second-order valence-corrected chi connectivity index (χ2v) is 4.11. The standard InChI is InChI=1S/C13H15N3/c1-9(2)10-3-5-11(6-4-10)12-7-8-15-16-13(12)14/h3-9H,1-2H3,(H2,14,16). The molecule has 0 aliphatic carbocycles. The van der Waals surface area contributed by atoms with Crippen molar-refractivity contribution in [1.29, 1.82) is 0 Å². The molecule has 3 heteroatoms. The smallest absolute Gasteiger partial charge is 0.153 e. The zero-order chi connectivity index (χ0) is 11.5. The van der Waals surface area contributed by atoms with Gasteiger partial charge in [-0.15, -0.1) is 5.10 Å². The van der Waals surface area contributed by atoms with E-state index < -0.39 is 0 Å². The van der Waals surface area contributed by atoms with Crippen molar-refractivity contribution in [3.63, 3.8) is 0 Å². The minimum Gasteiger partial charge on any atom is -0.382 e. The lowest BCUT2D eigenvalue weighted by molar-refractivity contribution is 0.867. The van der Waals surface area contributed by atoms with Gasteiger partial charge in [0.2, 0.25) is 0 Å². The summed E-state index contributed by atoms with van der Waals surface area (Å²) in [6, 6.07) is 10.3. The molecule has 0 aliphatic heterocycles. The highest BCUT2D eigenvalue weighted by atomic mass is 15.1. The number of anilines is 1. The molecule has 3 nitrogen and oxygen atoms in total. The zero-order valence-electron chi connectivity index (χ0n) is 9.51. The van der Waals surface area contributed by atoms with E-state index >= 15 is 0 Å². The molecule has 1 aromatic carbocycles. The number of nitrogen functional groups attached to an aromatic ring is 1. The SMILES string of the molecule is CC(C)c1ccc(-c2ccnnc2N)cc1. The van der Waals surface area contributed by atoms with Gasteiger partial charge in [0.25, 0.3) is 0 Å². The average molecular weight is 213 g/mol. The van der Waals surface area contributed by atoms with Crippen LogP contribution in [0.25, 0.3) is 11.1 Å². The number of nitrogens with zero attached hydrogens (tertiary/aromatic N) is 2. The minimum atomic E-state index is 0.472. The van der Waals surface area contributed by atoms with Crippen LogP contribution in [-0.4, -0.2) is 10.2 Å². The van der Waals surface area contributed by atoms with Crippen molar-refractivity contribution in [1.82, 2.24) is 10.2 Å². The molecule has 0 radical (unpaired) electrons. The Bertz CT molecular complexity index is 475. The summed E-state index contributed by atoms with van der Waals surface area (Å²) in [7, 11) is 0. The van der Waals surface area contributed by atoms with Gasteiger partial charge in [-0.1, -0.05) is 38.1 Å². The van der Waals surface area contributed by atoms with E-state index in [9.17, 15) is 0 Å². The Morgan fingerprint density at radius 2 is 1.75 bits per heavy atom. The number of rotatable bonds is 2. The highest BCUT2D eigenvalue weighted by Gasteiger charge is 2.04. The summed E-state index contributed by atoms with van der Waals surface area (Å²) < 4.78 is 0. The molecular weight excluding hydrogens is 198 g/mol. The average Bonchev–Trinajstić information content (AvgIpc) is 2.30. The van der Waals surface area contributed by atoms with Gasteiger partial charge < -0.3 is 5.73 Å². The van der Waals surface area contributed by atoms with Crippen molar-refractivity contribution in [2.24, 2.45) is 0 Å². The van der Waals surface area contributed by atoms with Crippen LogP contribution in [0, 0.1) is 0 Å². The highest BCUT2D eigenvalue weighted by Crippen LogP contribution is 2.25. The van der Waals surface area contributed by atoms with Crippen LogP contribution < -0.4 is 5.73 Å². The fraction of sp³-hybridized carbons (Fsp3) is 0.231. The van der Waals surface area contributed by atoms with Crippen LogP contribution in [0.3, 0.4) is 0 Å². The van der Waals surface area contributed by atoms with Crippen LogP contribution in [0.4, 0.5) is 5.82 Å². The zero-order valence-corrected chi connectivity index (χ0v) is 9.51. The summed E-state index contributed by atoms with van der Waals surface area (Å²) in [4.78, 5) is 0. The van der Waals surface area contributed by atoms with Crippen LogP contribution >= 0.6 is 0 Å². The Balaban J connectivity index is 2.39. The summed E-state index contributed by atoms with van der Waals surface area (Å²) in [5.74, 6) is 1.02. The summed E-state index contributed by atoms with van der Waals surface area (Å²) in [5, 5.41) is 7.58. The molecule has 0 fully saturated rings. The molecule has 0 spiro atoms. The molecule has 82 valence electrons. The Kier molecular flexibility index (Phi) is 2.86. The van der Waals surface area contributed by atoms with E-state index in [0.29, 0.717) is 11.7 Å². The lowest BCUT2D eigenvalue weighted by Crippen LogP contribution is -1.95. The molecular formula is C13H15N3. The third-order valence-electron chi connectivity index (χ3n) is 2.64. The van der Waals surface area contributed by atoms with Gasteiger partial charge >= 0.3 is 0 Å². The Morgan fingerprint density at radius 3 is 2.31 bits per heavy atom. The summed E-state index contributed by atoms with van der Waals surface area (Å²) in [6.07, 6.45) is 1.65. The van der Waals surface area contributed by atoms with Gasteiger partial charge in [0.1, 0.15) is 0 Å². The lowest BCUT2D eigenvalue weighted by Gasteiger charge is -2.07. The molecule has 2 N–H and O–H groups in total. The van der Waals surface area contributed by atoms with E-state index in [1.54, 1.807) is 6.20 Å². The van der Waals surface area contributed by atoms with Gasteiger partial charge in [-0.05, 0) is 23.1 Å². The first-order chi connectivity index (χ1) is 7.68. The predicted molar refractivity (Wildman–Crippen MR) is 66.0 cm³/mol. The summed E-state index contributed by atoms with van der Waals surface area (Å²) in [6.45, 7) is 4.36. The molecule has 0 aliphatic rings. The molecule has 1 aromatic heterocycles. The van der Waals surface area contributed by atoms with Gasteiger partial charge in [0, 0.05) is 5.56 Å². The van der Waals surface area contributed by atoms with Gasteiger partial charge in [-0.2, -0.15) is 5.10 Å². The molecule has 0 saturated carbocycles. The predicted octanol–water partition coefficient (Wildman–Crippen LogP) is 2.85. The van der Waals surface area contributed by atoms with Gasteiger partial charge in [-0.25, -0.2) is 0 Å². The van der Waals surface area contributed by atoms with E-state index in [-0.39, 0.29) is 0 Å². The Hall–Kier alpha value is -1.90. The van der Waals surface area contributed by atoms with Crippen LogP contribution in [0.15, 0.2) is 36.5 Å². The molecule has 1 heterocycles. The van der Waals surface area contributed by atoms with Gasteiger partial charge in [-0.3, -0.25) is 0 Å². The van der Waals surface area contributed by atoms with Gasteiger partial charge in [0.05, 0.1) is 6.20 Å². The quantitative estimate of drug-likeness (QED) is 0.834. The maximum absolute atomic E-state index is 5.78. The maximum Gasteiger partial charge on any atom is 0.153 e. The van der Waals surface area contributed by atoms with Crippen LogP contribution in [0.5, 0.6) is 0 Å². The molecule has 2 aromatic rings. The molecule has 0 bridgehead atoms. The van der Waals surface area contributed by atoms with Crippen molar-refractivity contribution in [3.8, 4) is 11.1 Å². The molecule has 16 heavy (non-hydrogen) atoms. The minimum absolute atomic E-state index is 0.472. The first-order valence-electron chi connectivity index (χ1n) is 5.36. The van der Waals surface area contributed by atoms with Crippen LogP contribution in [0.2, 0.25) is 0 Å². The maximum atomic E-state index is 5.78. The largest absolute Gasteiger partial charge is 0.382 e. The molecule has 0 saturated heterocycles. The molecule has 0 amide bonds. The fourth-order valence-corrected chi connectivity index (χ4v) is 1.63. The van der Waals surface area contributed by atoms with Crippen molar-refractivity contribution in [2.75, 3.05) is 5.73 Å². The number of hydrogen-bond donors (Lipinski definition) is 1. The van der Waals surface area contributed by atoms with Crippen LogP contribution in [-0.2, 0) is 0 Å². The number of aromatic nitrogens is 2. The molecule has 0 unspecified atom stereocenters. The second-order valence-electron chi connectivity index (χ2n) is 4.11. The normalized spacial score (nSPS) is 10.7. The van der Waals surface area contributed by atoms with E-state index in [1.165, 1.54) is 5.56 Å². The monoisotopic (exact) mass is 213 g/mol. The topological polar surface area (TPSA) is 51.8 Å². The number of benzene rings is 1. The first kappa shape index (κ1) is 10.6. The van der Waals surface area contributed by atoms with Crippen molar-refractivity contribution >= 4 is 5.82 Å². The number of hydrogen-bond acceptors (Lipinski definition) is 3. The Morgan fingerprint density at radius 1 is 1.06 bits per heavy atom. The van der Waals surface area contributed by atoms with Crippen molar-refractivity contribution in [3.05, 3.63) is 42.1 Å². The third kappa shape index (κ3) is 2.03. The van der Waals surface area contributed by atoms with Crippen molar-refractivity contribution in [2.45, 2.75) is 19.8 Å².